The third-order valence-electron chi connectivity index (χ3n) is 6.41. The number of benzene rings is 1. The lowest BCUT2D eigenvalue weighted by Gasteiger charge is -2.25. The Labute approximate surface area is 204 Å². The zero-order valence-corrected chi connectivity index (χ0v) is 19.7. The number of primary amides is 1. The van der Waals surface area contributed by atoms with E-state index in [0.29, 0.717) is 40.4 Å². The lowest BCUT2D eigenvalue weighted by molar-refractivity contribution is -0.130. The summed E-state index contributed by atoms with van der Waals surface area (Å²) in [6.45, 7) is -1.71. The van der Waals surface area contributed by atoms with Crippen LogP contribution in [0.2, 0.25) is 0 Å². The number of rotatable bonds is 6. The molecule has 1 aliphatic carbocycles. The fourth-order valence-electron chi connectivity index (χ4n) is 4.63. The van der Waals surface area contributed by atoms with Gasteiger partial charge in [-0.15, -0.1) is 0 Å². The van der Waals surface area contributed by atoms with Gasteiger partial charge in [-0.2, -0.15) is 23.8 Å². The van der Waals surface area contributed by atoms with Gasteiger partial charge in [0.25, 0.3) is 11.9 Å². The molecule has 2 aliphatic rings. The first-order chi connectivity index (χ1) is 17.2. The molecule has 9 nitrogen and oxygen atoms in total. The van der Waals surface area contributed by atoms with Gasteiger partial charge in [-0.25, -0.2) is 14.4 Å². The predicted octanol–water partition coefficient (Wildman–Crippen LogP) is 3.22. The number of nitrogens with zero attached hydrogens (tertiary/aromatic N) is 6. The molecule has 12 heteroatoms. The van der Waals surface area contributed by atoms with E-state index in [1.165, 1.54) is 23.0 Å². The average Bonchev–Trinajstić information content (AvgIpc) is 3.20. The molecule has 0 spiro atoms. The van der Waals surface area contributed by atoms with Crippen LogP contribution in [0.4, 0.5) is 24.8 Å². The van der Waals surface area contributed by atoms with Crippen LogP contribution in [-0.4, -0.2) is 57.3 Å². The standard InChI is InChI=1S/C24H24F3N7O2/c1-32-9-7-13(8-10-32)14-4-6-17(25)18(11-14)34(36-23(26)27)24-29-12-15-3-5-16-20(22(28)35)31-33(2)21(16)19(15)30-24/h4,6-7,11-12,23H,3,5,8-10H2,1-2H3,(H2,28,35). The van der Waals surface area contributed by atoms with Gasteiger partial charge >= 0.3 is 6.61 Å². The molecule has 2 N–H and O–H groups in total. The van der Waals surface area contributed by atoms with Crippen LogP contribution in [-0.2, 0) is 24.7 Å². The van der Waals surface area contributed by atoms with Gasteiger partial charge in [0.05, 0.1) is 11.4 Å². The number of fused-ring (bicyclic) bond motifs is 3. The minimum absolute atomic E-state index is 0.129. The Balaban J connectivity index is 1.60. The van der Waals surface area contributed by atoms with Crippen LogP contribution >= 0.6 is 0 Å². The number of alkyl halides is 2. The van der Waals surface area contributed by atoms with Crippen molar-refractivity contribution < 1.29 is 22.8 Å². The molecule has 0 radical (unpaired) electrons. The van der Waals surface area contributed by atoms with E-state index in [-0.39, 0.29) is 17.3 Å². The summed E-state index contributed by atoms with van der Waals surface area (Å²) < 4.78 is 43.5. The first kappa shape index (κ1) is 23.9. The molecule has 0 saturated heterocycles. The first-order valence-corrected chi connectivity index (χ1v) is 11.4. The van der Waals surface area contributed by atoms with Gasteiger partial charge in [0.15, 0.2) is 5.69 Å². The Morgan fingerprint density at radius 2 is 2.03 bits per heavy atom. The number of carbonyl (C=O) groups excluding carboxylic acids is 1. The van der Waals surface area contributed by atoms with Crippen molar-refractivity contribution in [2.45, 2.75) is 25.9 Å². The third kappa shape index (κ3) is 4.33. The number of halogens is 3. The summed E-state index contributed by atoms with van der Waals surface area (Å²) in [7, 11) is 3.63. The molecule has 2 aromatic heterocycles. The number of anilines is 2. The molecule has 0 unspecified atom stereocenters. The Morgan fingerprint density at radius 3 is 2.72 bits per heavy atom. The molecule has 3 heterocycles. The van der Waals surface area contributed by atoms with Crippen LogP contribution in [0.5, 0.6) is 0 Å². The molecule has 0 atom stereocenters. The summed E-state index contributed by atoms with van der Waals surface area (Å²) in [5, 5.41) is 4.81. The van der Waals surface area contributed by atoms with Crippen molar-refractivity contribution in [3.8, 4) is 11.4 Å². The molecule has 1 amide bonds. The van der Waals surface area contributed by atoms with Gasteiger partial charge in [-0.3, -0.25) is 9.48 Å². The summed E-state index contributed by atoms with van der Waals surface area (Å²) in [5.41, 5.74) is 9.29. The normalized spacial score (nSPS) is 15.4. The van der Waals surface area contributed by atoms with Crippen LogP contribution < -0.4 is 10.8 Å². The topological polar surface area (TPSA) is 102 Å². The molecule has 0 bridgehead atoms. The Bertz CT molecular complexity index is 1370. The van der Waals surface area contributed by atoms with Crippen molar-refractivity contribution in [2.24, 2.45) is 12.8 Å². The molecule has 36 heavy (non-hydrogen) atoms. The molecule has 0 saturated carbocycles. The Kier molecular flexibility index (Phi) is 6.22. The van der Waals surface area contributed by atoms with E-state index in [1.54, 1.807) is 13.1 Å². The Hall–Kier alpha value is -3.77. The fourth-order valence-corrected chi connectivity index (χ4v) is 4.63. The molecule has 1 aliphatic heterocycles. The van der Waals surface area contributed by atoms with Gasteiger partial charge in [0, 0.05) is 31.9 Å². The Morgan fingerprint density at radius 1 is 1.22 bits per heavy atom. The predicted molar refractivity (Wildman–Crippen MR) is 126 cm³/mol. The number of hydrogen-bond acceptors (Lipinski definition) is 7. The highest BCUT2D eigenvalue weighted by Crippen LogP contribution is 2.37. The van der Waals surface area contributed by atoms with Crippen LogP contribution in [0.25, 0.3) is 17.0 Å². The highest BCUT2D eigenvalue weighted by atomic mass is 19.3. The van der Waals surface area contributed by atoms with Crippen molar-refractivity contribution in [1.82, 2.24) is 24.6 Å². The second kappa shape index (κ2) is 9.36. The van der Waals surface area contributed by atoms with Crippen molar-refractivity contribution in [1.29, 1.82) is 0 Å². The van der Waals surface area contributed by atoms with Crippen LogP contribution in [0.1, 0.15) is 33.6 Å². The van der Waals surface area contributed by atoms with E-state index in [2.05, 4.69) is 20.0 Å². The summed E-state index contributed by atoms with van der Waals surface area (Å²) in [6.07, 6.45) is 5.24. The number of aryl methyl sites for hydroxylation is 2. The van der Waals surface area contributed by atoms with Crippen molar-refractivity contribution in [3.05, 3.63) is 58.7 Å². The lowest BCUT2D eigenvalue weighted by Crippen LogP contribution is -2.25. The SMILES string of the molecule is CN1CC=C(c2ccc(F)c(N(OC(F)F)c3ncc4c(n3)-c3c(c(C(N)=O)nn3C)CC4)c2)CC1. The number of aromatic nitrogens is 4. The molecule has 188 valence electrons. The highest BCUT2D eigenvalue weighted by molar-refractivity contribution is 5.94. The van der Waals surface area contributed by atoms with Gasteiger partial charge in [-0.1, -0.05) is 12.1 Å². The maximum absolute atomic E-state index is 15.0. The molecular formula is C24H24F3N7O2. The molecule has 3 aromatic rings. The van der Waals surface area contributed by atoms with Crippen LogP contribution in [0, 0.1) is 5.82 Å². The summed E-state index contributed by atoms with van der Waals surface area (Å²) >= 11 is 0. The van der Waals surface area contributed by atoms with Crippen LogP contribution in [0.15, 0.2) is 30.5 Å². The number of carbonyl (C=O) groups is 1. The van der Waals surface area contributed by atoms with Crippen LogP contribution in [0.3, 0.4) is 0 Å². The smallest absolute Gasteiger partial charge is 0.364 e. The van der Waals surface area contributed by atoms with E-state index in [9.17, 15) is 13.6 Å². The second-order valence-electron chi connectivity index (χ2n) is 8.78. The number of likely N-dealkylation sites (N-methyl/N-ethyl adjacent to an activating group) is 1. The number of amides is 1. The zero-order chi connectivity index (χ0) is 25.6. The lowest BCUT2D eigenvalue weighted by atomic mass is 9.93. The maximum Gasteiger partial charge on any atom is 0.365 e. The van der Waals surface area contributed by atoms with Crippen molar-refractivity contribution in [3.63, 3.8) is 0 Å². The number of nitrogens with two attached hydrogens (primary N) is 1. The van der Waals surface area contributed by atoms with Gasteiger partial charge in [-0.05, 0) is 55.1 Å². The van der Waals surface area contributed by atoms with E-state index in [1.807, 2.05) is 13.1 Å². The van der Waals surface area contributed by atoms with Gasteiger partial charge in [0.1, 0.15) is 11.5 Å². The van der Waals surface area contributed by atoms with Gasteiger partial charge < -0.3 is 10.6 Å². The quantitative estimate of drug-likeness (QED) is 0.520. The molecule has 0 fully saturated rings. The largest absolute Gasteiger partial charge is 0.365 e. The highest BCUT2D eigenvalue weighted by Gasteiger charge is 2.30. The first-order valence-electron chi connectivity index (χ1n) is 11.4. The molecule has 1 aromatic carbocycles. The van der Waals surface area contributed by atoms with Crippen molar-refractivity contribution >= 4 is 23.1 Å². The monoisotopic (exact) mass is 499 g/mol. The van der Waals surface area contributed by atoms with E-state index in [0.717, 1.165) is 30.6 Å². The summed E-state index contributed by atoms with van der Waals surface area (Å²) in [6, 6.07) is 4.28. The second-order valence-corrected chi connectivity index (χ2v) is 8.78. The summed E-state index contributed by atoms with van der Waals surface area (Å²) in [5.74, 6) is -1.72. The third-order valence-corrected chi connectivity index (χ3v) is 6.41. The summed E-state index contributed by atoms with van der Waals surface area (Å²) in [4.78, 5) is 27.4. The van der Waals surface area contributed by atoms with Gasteiger partial charge in [0.2, 0.25) is 0 Å². The van der Waals surface area contributed by atoms with E-state index >= 15 is 4.39 Å². The fraction of sp³-hybridized carbons (Fsp3) is 0.333. The van der Waals surface area contributed by atoms with E-state index in [4.69, 9.17) is 10.6 Å². The maximum atomic E-state index is 15.0. The minimum atomic E-state index is -3.26. The van der Waals surface area contributed by atoms with Crippen molar-refractivity contribution in [2.75, 3.05) is 25.2 Å². The average molecular weight is 499 g/mol. The number of hydrogen-bond donors (Lipinski definition) is 1. The van der Waals surface area contributed by atoms with E-state index < -0.39 is 18.3 Å². The molecule has 5 rings (SSSR count). The minimum Gasteiger partial charge on any atom is -0.364 e. The molecular weight excluding hydrogens is 475 g/mol. The zero-order valence-electron chi connectivity index (χ0n) is 19.7.